The standard InChI is InChI=1S/C14H27N5O2/c1-7-19(8-2)12(20)10(3)16-13-18-17-11(21-13)9-15-14(4,5)6/h10,15H,7-9H2,1-6H3,(H,16,18). The van der Waals surface area contributed by atoms with Crippen LogP contribution in [0.5, 0.6) is 0 Å². The Kier molecular flexibility index (Phi) is 6.14. The summed E-state index contributed by atoms with van der Waals surface area (Å²) in [7, 11) is 0. The van der Waals surface area contributed by atoms with E-state index < -0.39 is 6.04 Å². The van der Waals surface area contributed by atoms with Crippen molar-refractivity contribution in [3.05, 3.63) is 5.89 Å². The van der Waals surface area contributed by atoms with Gasteiger partial charge in [0.1, 0.15) is 6.04 Å². The fourth-order valence-electron chi connectivity index (χ4n) is 1.78. The van der Waals surface area contributed by atoms with Gasteiger partial charge in [-0.15, -0.1) is 5.10 Å². The Bertz CT molecular complexity index is 448. The van der Waals surface area contributed by atoms with Crippen LogP contribution in [0.4, 0.5) is 6.01 Å². The molecule has 0 fully saturated rings. The van der Waals surface area contributed by atoms with Crippen LogP contribution in [0, 0.1) is 0 Å². The largest absolute Gasteiger partial charge is 0.407 e. The van der Waals surface area contributed by atoms with Crippen molar-refractivity contribution < 1.29 is 9.21 Å². The van der Waals surface area contributed by atoms with E-state index in [0.717, 1.165) is 0 Å². The molecule has 0 aromatic carbocycles. The Labute approximate surface area is 126 Å². The van der Waals surface area contributed by atoms with Crippen molar-refractivity contribution in [1.82, 2.24) is 20.4 Å². The zero-order valence-corrected chi connectivity index (χ0v) is 13.9. The molecule has 0 spiro atoms. The average Bonchev–Trinajstić information content (AvgIpc) is 2.84. The second-order valence-corrected chi connectivity index (χ2v) is 5.98. The third kappa shape index (κ3) is 5.71. The Hall–Kier alpha value is -1.63. The summed E-state index contributed by atoms with van der Waals surface area (Å²) in [5.41, 5.74) is -0.0198. The second-order valence-electron chi connectivity index (χ2n) is 5.98. The van der Waals surface area contributed by atoms with E-state index in [1.165, 1.54) is 0 Å². The summed E-state index contributed by atoms with van der Waals surface area (Å²) in [5, 5.41) is 14.1. The topological polar surface area (TPSA) is 83.3 Å². The number of hydrogen-bond donors (Lipinski definition) is 2. The van der Waals surface area contributed by atoms with Crippen molar-refractivity contribution >= 4 is 11.9 Å². The molecule has 0 radical (unpaired) electrons. The first-order valence-corrected chi connectivity index (χ1v) is 7.39. The van der Waals surface area contributed by atoms with Crippen LogP contribution in [0.2, 0.25) is 0 Å². The van der Waals surface area contributed by atoms with E-state index in [-0.39, 0.29) is 17.5 Å². The molecule has 1 heterocycles. The van der Waals surface area contributed by atoms with Crippen molar-refractivity contribution in [2.45, 2.75) is 59.7 Å². The lowest BCUT2D eigenvalue weighted by molar-refractivity contribution is -0.131. The Morgan fingerprint density at radius 2 is 1.90 bits per heavy atom. The van der Waals surface area contributed by atoms with Gasteiger partial charge in [0.05, 0.1) is 6.54 Å². The molecular weight excluding hydrogens is 270 g/mol. The summed E-state index contributed by atoms with van der Waals surface area (Å²) in [6.45, 7) is 13.8. The SMILES string of the molecule is CCN(CC)C(=O)C(C)Nc1nnc(CNC(C)(C)C)o1. The van der Waals surface area contributed by atoms with Gasteiger partial charge in [-0.1, -0.05) is 5.10 Å². The molecule has 7 heteroatoms. The van der Waals surface area contributed by atoms with E-state index in [2.05, 4.69) is 41.6 Å². The molecule has 1 unspecified atom stereocenters. The monoisotopic (exact) mass is 297 g/mol. The minimum atomic E-state index is -0.395. The van der Waals surface area contributed by atoms with Crippen molar-refractivity contribution in [3.63, 3.8) is 0 Å². The van der Waals surface area contributed by atoms with Gasteiger partial charge >= 0.3 is 6.01 Å². The van der Waals surface area contributed by atoms with Gasteiger partial charge in [-0.3, -0.25) is 4.79 Å². The van der Waals surface area contributed by atoms with Gasteiger partial charge in [0.25, 0.3) is 0 Å². The molecule has 21 heavy (non-hydrogen) atoms. The van der Waals surface area contributed by atoms with Crippen LogP contribution < -0.4 is 10.6 Å². The summed E-state index contributed by atoms with van der Waals surface area (Å²) in [6.07, 6.45) is 0. The molecule has 120 valence electrons. The fraction of sp³-hybridized carbons (Fsp3) is 0.786. The third-order valence-corrected chi connectivity index (χ3v) is 3.02. The summed E-state index contributed by atoms with van der Waals surface area (Å²) in [5.74, 6) is 0.516. The second kappa shape index (κ2) is 7.40. The van der Waals surface area contributed by atoms with E-state index in [0.29, 0.717) is 25.5 Å². The first-order chi connectivity index (χ1) is 9.76. The highest BCUT2D eigenvalue weighted by Crippen LogP contribution is 2.09. The highest BCUT2D eigenvalue weighted by atomic mass is 16.4. The first kappa shape index (κ1) is 17.4. The lowest BCUT2D eigenvalue weighted by Gasteiger charge is -2.22. The number of rotatable bonds is 7. The number of hydrogen-bond acceptors (Lipinski definition) is 6. The number of carbonyl (C=O) groups is 1. The van der Waals surface area contributed by atoms with Crippen molar-refractivity contribution in [3.8, 4) is 0 Å². The number of carbonyl (C=O) groups excluding carboxylic acids is 1. The van der Waals surface area contributed by atoms with Crippen LogP contribution in [0.3, 0.4) is 0 Å². The van der Waals surface area contributed by atoms with E-state index in [1.54, 1.807) is 11.8 Å². The van der Waals surface area contributed by atoms with Crippen molar-refractivity contribution in [2.75, 3.05) is 18.4 Å². The summed E-state index contributed by atoms with van der Waals surface area (Å²) < 4.78 is 5.48. The van der Waals surface area contributed by atoms with Gasteiger partial charge in [-0.2, -0.15) is 0 Å². The zero-order chi connectivity index (χ0) is 16.0. The van der Waals surface area contributed by atoms with Gasteiger partial charge in [0.15, 0.2) is 0 Å². The molecule has 1 atom stereocenters. The van der Waals surface area contributed by atoms with Gasteiger partial charge in [-0.25, -0.2) is 0 Å². The fourth-order valence-corrected chi connectivity index (χ4v) is 1.78. The first-order valence-electron chi connectivity index (χ1n) is 7.39. The summed E-state index contributed by atoms with van der Waals surface area (Å²) >= 11 is 0. The molecule has 2 N–H and O–H groups in total. The predicted molar refractivity (Wildman–Crippen MR) is 81.9 cm³/mol. The maximum Gasteiger partial charge on any atom is 0.316 e. The lowest BCUT2D eigenvalue weighted by atomic mass is 10.1. The third-order valence-electron chi connectivity index (χ3n) is 3.02. The molecule has 1 rings (SSSR count). The number of likely N-dealkylation sites (N-methyl/N-ethyl adjacent to an activating group) is 1. The maximum absolute atomic E-state index is 12.1. The number of nitrogens with zero attached hydrogens (tertiary/aromatic N) is 3. The van der Waals surface area contributed by atoms with Gasteiger partial charge in [0.2, 0.25) is 11.8 Å². The zero-order valence-electron chi connectivity index (χ0n) is 13.9. The van der Waals surface area contributed by atoms with Gasteiger partial charge < -0.3 is 20.0 Å². The van der Waals surface area contributed by atoms with Crippen LogP contribution in [0.25, 0.3) is 0 Å². The molecule has 0 aliphatic heterocycles. The molecule has 0 saturated heterocycles. The molecule has 0 aliphatic rings. The van der Waals surface area contributed by atoms with E-state index in [9.17, 15) is 4.79 Å². The van der Waals surface area contributed by atoms with Crippen molar-refractivity contribution in [1.29, 1.82) is 0 Å². The molecule has 7 nitrogen and oxygen atoms in total. The highest BCUT2D eigenvalue weighted by Gasteiger charge is 2.20. The summed E-state index contributed by atoms with van der Waals surface area (Å²) in [4.78, 5) is 13.9. The molecule has 1 aromatic rings. The van der Waals surface area contributed by atoms with E-state index >= 15 is 0 Å². The molecule has 1 amide bonds. The van der Waals surface area contributed by atoms with Gasteiger partial charge in [-0.05, 0) is 41.5 Å². The van der Waals surface area contributed by atoms with Crippen LogP contribution in [0.15, 0.2) is 4.42 Å². The van der Waals surface area contributed by atoms with Crippen LogP contribution in [-0.4, -0.2) is 45.7 Å². The molecule has 0 bridgehead atoms. The van der Waals surface area contributed by atoms with Crippen LogP contribution in [0.1, 0.15) is 47.4 Å². The minimum absolute atomic E-state index is 0.0198. The Morgan fingerprint density at radius 1 is 1.29 bits per heavy atom. The number of aromatic nitrogens is 2. The number of anilines is 1. The Balaban J connectivity index is 2.56. The number of amides is 1. The predicted octanol–water partition coefficient (Wildman–Crippen LogP) is 1.63. The maximum atomic E-state index is 12.1. The minimum Gasteiger partial charge on any atom is -0.407 e. The normalized spacial score (nSPS) is 13.0. The summed E-state index contributed by atoms with van der Waals surface area (Å²) in [6, 6.07) is -0.123. The average molecular weight is 297 g/mol. The van der Waals surface area contributed by atoms with Crippen LogP contribution in [-0.2, 0) is 11.3 Å². The number of nitrogens with one attached hydrogen (secondary N) is 2. The lowest BCUT2D eigenvalue weighted by Crippen LogP contribution is -2.41. The molecule has 0 saturated carbocycles. The highest BCUT2D eigenvalue weighted by molar-refractivity contribution is 5.83. The van der Waals surface area contributed by atoms with Crippen molar-refractivity contribution in [2.24, 2.45) is 0 Å². The molecular formula is C14H27N5O2. The van der Waals surface area contributed by atoms with E-state index in [4.69, 9.17) is 4.42 Å². The van der Waals surface area contributed by atoms with E-state index in [1.807, 2.05) is 13.8 Å². The van der Waals surface area contributed by atoms with Crippen LogP contribution >= 0.6 is 0 Å². The molecule has 1 aromatic heterocycles. The Morgan fingerprint density at radius 3 is 2.43 bits per heavy atom. The molecule has 0 aliphatic carbocycles. The smallest absolute Gasteiger partial charge is 0.316 e. The quantitative estimate of drug-likeness (QED) is 0.796. The van der Waals surface area contributed by atoms with Gasteiger partial charge in [0, 0.05) is 18.6 Å².